The number of ether oxygens (including phenoxy) is 1. The first-order chi connectivity index (χ1) is 13.3. The zero-order valence-corrected chi connectivity index (χ0v) is 16.5. The summed E-state index contributed by atoms with van der Waals surface area (Å²) in [6, 6.07) is 16.6. The SMILES string of the molecule is O=C(Cc1ccccc1)NCCC1CCOc2cc(SCC3CC3)ccc21. The summed E-state index contributed by atoms with van der Waals surface area (Å²) in [5, 5.41) is 3.08. The van der Waals surface area contributed by atoms with E-state index in [-0.39, 0.29) is 5.91 Å². The highest BCUT2D eigenvalue weighted by molar-refractivity contribution is 7.99. The molecule has 2 aliphatic rings. The molecule has 1 aliphatic heterocycles. The van der Waals surface area contributed by atoms with Crippen LogP contribution in [-0.2, 0) is 11.2 Å². The van der Waals surface area contributed by atoms with Gasteiger partial charge in [0.1, 0.15) is 5.75 Å². The fraction of sp³-hybridized carbons (Fsp3) is 0.435. The minimum atomic E-state index is 0.0975. The highest BCUT2D eigenvalue weighted by Crippen LogP contribution is 2.40. The number of carbonyl (C=O) groups excluding carboxylic acids is 1. The molecule has 2 aromatic carbocycles. The number of hydrogen-bond donors (Lipinski definition) is 1. The normalized spacial score (nSPS) is 18.4. The van der Waals surface area contributed by atoms with Crippen LogP contribution >= 0.6 is 11.8 Å². The van der Waals surface area contributed by atoms with E-state index < -0.39 is 0 Å². The van der Waals surface area contributed by atoms with Gasteiger partial charge in [-0.05, 0) is 60.8 Å². The molecule has 3 nitrogen and oxygen atoms in total. The molecule has 0 saturated heterocycles. The van der Waals surface area contributed by atoms with Crippen LogP contribution in [0.5, 0.6) is 5.75 Å². The van der Waals surface area contributed by atoms with Gasteiger partial charge in [-0.2, -0.15) is 0 Å². The van der Waals surface area contributed by atoms with Gasteiger partial charge in [0.05, 0.1) is 13.0 Å². The van der Waals surface area contributed by atoms with Crippen molar-refractivity contribution >= 4 is 17.7 Å². The van der Waals surface area contributed by atoms with E-state index >= 15 is 0 Å². The Morgan fingerprint density at radius 3 is 2.78 bits per heavy atom. The van der Waals surface area contributed by atoms with Crippen LogP contribution in [0.1, 0.15) is 42.7 Å². The summed E-state index contributed by atoms with van der Waals surface area (Å²) in [7, 11) is 0. The minimum Gasteiger partial charge on any atom is -0.493 e. The average Bonchev–Trinajstić information content (AvgIpc) is 3.51. The van der Waals surface area contributed by atoms with Crippen molar-refractivity contribution < 1.29 is 9.53 Å². The van der Waals surface area contributed by atoms with Crippen molar-refractivity contribution in [3.8, 4) is 5.75 Å². The van der Waals surface area contributed by atoms with Gasteiger partial charge >= 0.3 is 0 Å². The van der Waals surface area contributed by atoms with Crippen molar-refractivity contribution in [2.75, 3.05) is 18.9 Å². The molecular formula is C23H27NO2S. The molecule has 0 aromatic heterocycles. The standard InChI is InChI=1S/C23H27NO2S/c25-23(14-17-4-2-1-3-5-17)24-12-10-19-11-13-26-22-15-20(8-9-21(19)22)27-16-18-6-7-18/h1-5,8-9,15,18-19H,6-7,10-14,16H2,(H,24,25). The predicted octanol–water partition coefficient (Wildman–Crippen LogP) is 4.80. The van der Waals surface area contributed by atoms with E-state index in [1.165, 1.54) is 29.1 Å². The maximum absolute atomic E-state index is 12.1. The predicted molar refractivity (Wildman–Crippen MR) is 111 cm³/mol. The quantitative estimate of drug-likeness (QED) is 0.667. The topological polar surface area (TPSA) is 38.3 Å². The molecule has 1 atom stereocenters. The Balaban J connectivity index is 1.28. The number of carbonyl (C=O) groups is 1. The van der Waals surface area contributed by atoms with Crippen molar-refractivity contribution in [2.45, 2.75) is 42.9 Å². The summed E-state index contributed by atoms with van der Waals surface area (Å²) in [6.45, 7) is 1.49. The zero-order valence-electron chi connectivity index (χ0n) is 15.7. The van der Waals surface area contributed by atoms with Gasteiger partial charge in [0, 0.05) is 17.2 Å². The highest BCUT2D eigenvalue weighted by Gasteiger charge is 2.23. The lowest BCUT2D eigenvalue weighted by Gasteiger charge is -2.26. The second-order valence-corrected chi connectivity index (χ2v) is 8.68. The first-order valence-electron chi connectivity index (χ1n) is 9.98. The lowest BCUT2D eigenvalue weighted by atomic mass is 9.90. The molecule has 142 valence electrons. The van der Waals surface area contributed by atoms with Crippen molar-refractivity contribution in [3.63, 3.8) is 0 Å². The van der Waals surface area contributed by atoms with Crippen molar-refractivity contribution in [3.05, 3.63) is 59.7 Å². The fourth-order valence-electron chi connectivity index (χ4n) is 3.56. The van der Waals surface area contributed by atoms with E-state index in [4.69, 9.17) is 4.74 Å². The van der Waals surface area contributed by atoms with E-state index in [2.05, 4.69) is 23.5 Å². The molecule has 0 bridgehead atoms. The highest BCUT2D eigenvalue weighted by atomic mass is 32.2. The first-order valence-corrected chi connectivity index (χ1v) is 11.0. The first kappa shape index (κ1) is 18.4. The summed E-state index contributed by atoms with van der Waals surface area (Å²) in [4.78, 5) is 13.5. The number of nitrogens with one attached hydrogen (secondary N) is 1. The maximum atomic E-state index is 12.1. The van der Waals surface area contributed by atoms with Crippen LogP contribution in [-0.4, -0.2) is 24.8 Å². The summed E-state index contributed by atoms with van der Waals surface area (Å²) in [6.07, 6.45) is 5.23. The van der Waals surface area contributed by atoms with Crippen LogP contribution in [0, 0.1) is 5.92 Å². The number of amides is 1. The van der Waals surface area contributed by atoms with E-state index in [1.54, 1.807) is 0 Å². The van der Waals surface area contributed by atoms with Gasteiger partial charge in [-0.15, -0.1) is 11.8 Å². The van der Waals surface area contributed by atoms with Gasteiger partial charge in [0.25, 0.3) is 0 Å². The molecule has 1 fully saturated rings. The molecule has 27 heavy (non-hydrogen) atoms. The molecule has 4 heteroatoms. The Morgan fingerprint density at radius 2 is 1.96 bits per heavy atom. The van der Waals surface area contributed by atoms with Gasteiger partial charge in [0.2, 0.25) is 5.91 Å². The molecule has 2 aromatic rings. The Hall–Kier alpha value is -1.94. The molecular weight excluding hydrogens is 354 g/mol. The molecule has 1 saturated carbocycles. The average molecular weight is 382 g/mol. The van der Waals surface area contributed by atoms with Gasteiger partial charge in [-0.25, -0.2) is 0 Å². The number of benzene rings is 2. The van der Waals surface area contributed by atoms with E-state index in [0.717, 1.165) is 36.7 Å². The monoisotopic (exact) mass is 381 g/mol. The molecule has 4 rings (SSSR count). The molecule has 1 heterocycles. The van der Waals surface area contributed by atoms with Crippen LogP contribution in [0.2, 0.25) is 0 Å². The molecule has 1 unspecified atom stereocenters. The number of hydrogen-bond acceptors (Lipinski definition) is 3. The molecule has 1 amide bonds. The van der Waals surface area contributed by atoms with Crippen LogP contribution in [0.15, 0.2) is 53.4 Å². The Labute approximate surface area is 165 Å². The van der Waals surface area contributed by atoms with Crippen molar-refractivity contribution in [1.29, 1.82) is 0 Å². The van der Waals surface area contributed by atoms with Gasteiger partial charge in [-0.1, -0.05) is 36.4 Å². The smallest absolute Gasteiger partial charge is 0.224 e. The molecule has 0 spiro atoms. The third-order valence-electron chi connectivity index (χ3n) is 5.35. The summed E-state index contributed by atoms with van der Waals surface area (Å²) in [5.74, 6) is 3.77. The fourth-order valence-corrected chi connectivity index (χ4v) is 4.68. The number of fused-ring (bicyclic) bond motifs is 1. The van der Waals surface area contributed by atoms with Crippen molar-refractivity contribution in [2.24, 2.45) is 5.92 Å². The minimum absolute atomic E-state index is 0.0975. The number of thioether (sulfide) groups is 1. The molecule has 1 aliphatic carbocycles. The Bertz CT molecular complexity index is 773. The lowest BCUT2D eigenvalue weighted by molar-refractivity contribution is -0.120. The van der Waals surface area contributed by atoms with Crippen LogP contribution in [0.3, 0.4) is 0 Å². The second-order valence-electron chi connectivity index (χ2n) is 7.59. The van der Waals surface area contributed by atoms with E-state index in [1.807, 2.05) is 42.1 Å². The molecule has 1 N–H and O–H groups in total. The Kier molecular flexibility index (Phi) is 6.03. The van der Waals surface area contributed by atoms with Crippen LogP contribution < -0.4 is 10.1 Å². The molecule has 0 radical (unpaired) electrons. The van der Waals surface area contributed by atoms with Crippen LogP contribution in [0.25, 0.3) is 0 Å². The zero-order chi connectivity index (χ0) is 18.5. The second kappa shape index (κ2) is 8.83. The third kappa shape index (κ3) is 5.29. The maximum Gasteiger partial charge on any atom is 0.224 e. The number of rotatable bonds is 8. The lowest BCUT2D eigenvalue weighted by Crippen LogP contribution is -2.28. The third-order valence-corrected chi connectivity index (χ3v) is 6.58. The largest absolute Gasteiger partial charge is 0.493 e. The van der Waals surface area contributed by atoms with Crippen LogP contribution in [0.4, 0.5) is 0 Å². The van der Waals surface area contributed by atoms with E-state index in [9.17, 15) is 4.79 Å². The van der Waals surface area contributed by atoms with Crippen molar-refractivity contribution in [1.82, 2.24) is 5.32 Å². The summed E-state index contributed by atoms with van der Waals surface area (Å²) < 4.78 is 5.92. The van der Waals surface area contributed by atoms with Gasteiger partial charge in [-0.3, -0.25) is 4.79 Å². The summed E-state index contributed by atoms with van der Waals surface area (Å²) in [5.41, 5.74) is 2.36. The van der Waals surface area contributed by atoms with Gasteiger partial charge < -0.3 is 10.1 Å². The summed E-state index contributed by atoms with van der Waals surface area (Å²) >= 11 is 1.95. The van der Waals surface area contributed by atoms with E-state index in [0.29, 0.717) is 18.9 Å². The Morgan fingerprint density at radius 1 is 1.11 bits per heavy atom. The van der Waals surface area contributed by atoms with Gasteiger partial charge in [0.15, 0.2) is 0 Å².